The van der Waals surface area contributed by atoms with Gasteiger partial charge >= 0.3 is 6.18 Å². The van der Waals surface area contributed by atoms with E-state index >= 15 is 0 Å². The number of rotatable bonds is 5. The summed E-state index contributed by atoms with van der Waals surface area (Å²) >= 11 is 1.60. The van der Waals surface area contributed by atoms with Crippen molar-refractivity contribution in [2.45, 2.75) is 18.5 Å². The molecule has 0 unspecified atom stereocenters. The average Bonchev–Trinajstić information content (AvgIpc) is 2.92. The normalized spacial score (nSPS) is 11.7. The molecule has 4 nitrogen and oxygen atoms in total. The maximum absolute atomic E-state index is 12.6. The summed E-state index contributed by atoms with van der Waals surface area (Å²) in [7, 11) is 0. The molecule has 0 aliphatic rings. The Bertz CT molecular complexity index is 920. The predicted molar refractivity (Wildman–Crippen MR) is 97.0 cm³/mol. The number of para-hydroxylation sites is 2. The summed E-state index contributed by atoms with van der Waals surface area (Å²) in [5, 5.41) is 2.63. The fourth-order valence-electron chi connectivity index (χ4n) is 2.63. The van der Waals surface area contributed by atoms with E-state index in [4.69, 9.17) is 0 Å². The molecule has 3 rings (SSSR count). The van der Waals surface area contributed by atoms with Crippen molar-refractivity contribution < 1.29 is 18.0 Å². The number of hydrogen-bond donors (Lipinski definition) is 1. The van der Waals surface area contributed by atoms with Crippen molar-refractivity contribution in [1.82, 2.24) is 9.55 Å². The number of halogens is 3. The van der Waals surface area contributed by atoms with Crippen LogP contribution in [0.5, 0.6) is 0 Å². The number of fused-ring (bicyclic) bond motifs is 1. The SMILES string of the molecule is CSCc1nc2ccccc2n1CC(=O)Nc1ccc(C(F)(F)F)cc1. The fourth-order valence-corrected chi connectivity index (χ4v) is 3.11. The van der Waals surface area contributed by atoms with E-state index in [0.717, 1.165) is 29.0 Å². The summed E-state index contributed by atoms with van der Waals surface area (Å²) < 4.78 is 39.6. The number of nitrogens with one attached hydrogen (secondary N) is 1. The van der Waals surface area contributed by atoms with Gasteiger partial charge in [-0.2, -0.15) is 24.9 Å². The van der Waals surface area contributed by atoms with Gasteiger partial charge in [-0.25, -0.2) is 4.98 Å². The first kappa shape index (κ1) is 18.3. The Hall–Kier alpha value is -2.48. The van der Waals surface area contributed by atoms with Crippen LogP contribution in [0.3, 0.4) is 0 Å². The maximum atomic E-state index is 12.6. The molecule has 1 N–H and O–H groups in total. The maximum Gasteiger partial charge on any atom is 0.416 e. The number of amides is 1. The number of benzene rings is 2. The molecule has 0 bridgehead atoms. The molecular formula is C18H16F3N3OS. The third kappa shape index (κ3) is 4.01. The number of thioether (sulfide) groups is 1. The van der Waals surface area contributed by atoms with Gasteiger partial charge in [0.25, 0.3) is 0 Å². The van der Waals surface area contributed by atoms with Crippen molar-refractivity contribution in [2.75, 3.05) is 11.6 Å². The van der Waals surface area contributed by atoms with E-state index in [9.17, 15) is 18.0 Å². The van der Waals surface area contributed by atoms with Gasteiger partial charge in [0.15, 0.2) is 0 Å². The molecule has 136 valence electrons. The second-order valence-electron chi connectivity index (χ2n) is 5.66. The molecular weight excluding hydrogens is 363 g/mol. The first-order valence-electron chi connectivity index (χ1n) is 7.78. The van der Waals surface area contributed by atoms with E-state index in [1.54, 1.807) is 11.8 Å². The molecule has 26 heavy (non-hydrogen) atoms. The van der Waals surface area contributed by atoms with Crippen molar-refractivity contribution in [3.8, 4) is 0 Å². The first-order chi connectivity index (χ1) is 12.4. The molecule has 1 aromatic heterocycles. The Morgan fingerprint density at radius 3 is 2.50 bits per heavy atom. The number of aromatic nitrogens is 2. The molecule has 0 aliphatic heterocycles. The standard InChI is InChI=1S/C18H16F3N3OS/c1-26-11-16-23-14-4-2-3-5-15(14)24(16)10-17(25)22-13-8-6-12(7-9-13)18(19,20)21/h2-9H,10-11H2,1H3,(H,22,25). The quantitative estimate of drug-likeness (QED) is 0.707. The van der Waals surface area contributed by atoms with Crippen LogP contribution >= 0.6 is 11.8 Å². The van der Waals surface area contributed by atoms with Crippen LogP contribution in [0.2, 0.25) is 0 Å². The molecule has 0 spiro atoms. The lowest BCUT2D eigenvalue weighted by Crippen LogP contribution is -2.20. The van der Waals surface area contributed by atoms with Crippen LogP contribution in [0.15, 0.2) is 48.5 Å². The van der Waals surface area contributed by atoms with E-state index in [1.165, 1.54) is 12.1 Å². The Labute approximate surface area is 152 Å². The van der Waals surface area contributed by atoms with Crippen LogP contribution in [-0.4, -0.2) is 21.7 Å². The van der Waals surface area contributed by atoms with Gasteiger partial charge in [0.1, 0.15) is 12.4 Å². The second kappa shape index (κ2) is 7.41. The van der Waals surface area contributed by atoms with Crippen LogP contribution in [0.25, 0.3) is 11.0 Å². The molecule has 1 heterocycles. The number of imidazole rings is 1. The van der Waals surface area contributed by atoms with Gasteiger partial charge in [0, 0.05) is 5.69 Å². The number of hydrogen-bond acceptors (Lipinski definition) is 3. The van der Waals surface area contributed by atoms with Crippen LogP contribution < -0.4 is 5.32 Å². The third-order valence-electron chi connectivity index (χ3n) is 3.80. The molecule has 0 fully saturated rings. The second-order valence-corrected chi connectivity index (χ2v) is 6.53. The van der Waals surface area contributed by atoms with Gasteiger partial charge in [0.05, 0.1) is 22.3 Å². The van der Waals surface area contributed by atoms with Crippen molar-refractivity contribution >= 4 is 34.4 Å². The lowest BCUT2D eigenvalue weighted by atomic mass is 10.2. The van der Waals surface area contributed by atoms with Crippen LogP contribution in [-0.2, 0) is 23.3 Å². The minimum absolute atomic E-state index is 0.0391. The summed E-state index contributed by atoms with van der Waals surface area (Å²) in [4.78, 5) is 16.9. The van der Waals surface area contributed by atoms with E-state index in [0.29, 0.717) is 11.4 Å². The van der Waals surface area contributed by atoms with Gasteiger partial charge in [-0.3, -0.25) is 4.79 Å². The van der Waals surface area contributed by atoms with Gasteiger partial charge in [-0.15, -0.1) is 0 Å². The van der Waals surface area contributed by atoms with E-state index in [1.807, 2.05) is 35.1 Å². The largest absolute Gasteiger partial charge is 0.416 e. The van der Waals surface area contributed by atoms with Gasteiger partial charge < -0.3 is 9.88 Å². The minimum Gasteiger partial charge on any atom is -0.325 e. The summed E-state index contributed by atoms with van der Waals surface area (Å²) in [5.41, 5.74) is 1.22. The van der Waals surface area contributed by atoms with Crippen LogP contribution in [0, 0.1) is 0 Å². The molecule has 1 amide bonds. The number of carbonyl (C=O) groups excluding carboxylic acids is 1. The lowest BCUT2D eigenvalue weighted by molar-refractivity contribution is -0.137. The van der Waals surface area contributed by atoms with Crippen molar-refractivity contribution in [3.63, 3.8) is 0 Å². The Morgan fingerprint density at radius 2 is 1.85 bits per heavy atom. The topological polar surface area (TPSA) is 46.9 Å². The highest BCUT2D eigenvalue weighted by Gasteiger charge is 2.30. The zero-order valence-electron chi connectivity index (χ0n) is 13.9. The fraction of sp³-hybridized carbons (Fsp3) is 0.222. The highest BCUT2D eigenvalue weighted by atomic mass is 32.2. The number of anilines is 1. The number of carbonyl (C=O) groups is 1. The van der Waals surface area contributed by atoms with E-state index in [-0.39, 0.29) is 12.5 Å². The lowest BCUT2D eigenvalue weighted by Gasteiger charge is -2.11. The summed E-state index contributed by atoms with van der Waals surface area (Å²) in [6, 6.07) is 11.9. The zero-order chi connectivity index (χ0) is 18.7. The highest BCUT2D eigenvalue weighted by molar-refractivity contribution is 7.97. The predicted octanol–water partition coefficient (Wildman–Crippen LogP) is 4.56. The molecule has 0 radical (unpaired) electrons. The highest BCUT2D eigenvalue weighted by Crippen LogP contribution is 2.29. The molecule has 3 aromatic rings. The minimum atomic E-state index is -4.40. The molecule has 0 saturated carbocycles. The molecule has 8 heteroatoms. The molecule has 0 atom stereocenters. The van der Waals surface area contributed by atoms with E-state index < -0.39 is 11.7 Å². The summed E-state index contributed by atoms with van der Waals surface area (Å²) in [6.45, 7) is 0.0391. The van der Waals surface area contributed by atoms with Crippen molar-refractivity contribution in [2.24, 2.45) is 0 Å². The summed E-state index contributed by atoms with van der Waals surface area (Å²) in [5.74, 6) is 1.11. The van der Waals surface area contributed by atoms with Gasteiger partial charge in [-0.05, 0) is 42.7 Å². The third-order valence-corrected chi connectivity index (χ3v) is 4.35. The van der Waals surface area contributed by atoms with E-state index in [2.05, 4.69) is 10.3 Å². The molecule has 0 saturated heterocycles. The Kier molecular flexibility index (Phi) is 5.22. The Morgan fingerprint density at radius 1 is 1.15 bits per heavy atom. The van der Waals surface area contributed by atoms with Gasteiger partial charge in [0.2, 0.25) is 5.91 Å². The average molecular weight is 379 g/mol. The van der Waals surface area contributed by atoms with Gasteiger partial charge in [-0.1, -0.05) is 12.1 Å². The summed E-state index contributed by atoms with van der Waals surface area (Å²) in [6.07, 6.45) is -2.45. The first-order valence-corrected chi connectivity index (χ1v) is 9.18. The zero-order valence-corrected chi connectivity index (χ0v) is 14.7. The number of nitrogens with zero attached hydrogens (tertiary/aromatic N) is 2. The van der Waals surface area contributed by atoms with Crippen LogP contribution in [0.1, 0.15) is 11.4 Å². The monoisotopic (exact) mass is 379 g/mol. The smallest absolute Gasteiger partial charge is 0.325 e. The van der Waals surface area contributed by atoms with Crippen molar-refractivity contribution in [1.29, 1.82) is 0 Å². The Balaban J connectivity index is 1.78. The number of alkyl halides is 3. The van der Waals surface area contributed by atoms with Crippen LogP contribution in [0.4, 0.5) is 18.9 Å². The van der Waals surface area contributed by atoms with Crippen molar-refractivity contribution in [3.05, 3.63) is 59.9 Å². The molecule has 0 aliphatic carbocycles. The molecule has 2 aromatic carbocycles.